The number of rotatable bonds is 2. The molecule has 6 heteroatoms. The van der Waals surface area contributed by atoms with Crippen molar-refractivity contribution in [1.29, 1.82) is 0 Å². The number of nitrogens with zero attached hydrogens (tertiary/aromatic N) is 2. The van der Waals surface area contributed by atoms with Gasteiger partial charge in [0.2, 0.25) is 0 Å². The predicted octanol–water partition coefficient (Wildman–Crippen LogP) is 3.57. The van der Waals surface area contributed by atoms with Crippen LogP contribution in [0.15, 0.2) is 30.5 Å². The fourth-order valence-electron chi connectivity index (χ4n) is 1.37. The van der Waals surface area contributed by atoms with E-state index in [1.54, 1.807) is 24.3 Å². The summed E-state index contributed by atoms with van der Waals surface area (Å²) in [6, 6.07) is 9.45. The molecule has 0 aliphatic carbocycles. The Labute approximate surface area is 101 Å². The number of hydrogen-bond acceptors (Lipinski definition) is 1. The van der Waals surface area contributed by atoms with Crippen LogP contribution in [0.5, 0.6) is 0 Å². The molecule has 0 unspecified atom stereocenters. The van der Waals surface area contributed by atoms with Crippen LogP contribution in [-0.2, 0) is 6.54 Å². The third kappa shape index (κ3) is 3.00. The molecule has 0 N–H and O–H groups in total. The van der Waals surface area contributed by atoms with Gasteiger partial charge in [0.1, 0.15) is 12.2 Å². The molecule has 1 aromatic heterocycles. The average Bonchev–Trinajstić information content (AvgIpc) is 2.64. The van der Waals surface area contributed by atoms with E-state index in [2.05, 4.69) is 11.2 Å². The minimum atomic E-state index is -4.29. The first-order valence-electron chi connectivity index (χ1n) is 4.72. The summed E-state index contributed by atoms with van der Waals surface area (Å²) in [4.78, 5) is 0. The second-order valence-electron chi connectivity index (χ2n) is 3.41. The van der Waals surface area contributed by atoms with E-state index in [-0.39, 0.29) is 0 Å². The monoisotopic (exact) mass is 259 g/mol. The normalized spacial score (nSPS) is 11.8. The molecular formula is C11H7ClF3N2. The highest BCUT2D eigenvalue weighted by atomic mass is 35.5. The zero-order valence-electron chi connectivity index (χ0n) is 8.50. The zero-order chi connectivity index (χ0) is 12.5. The quantitative estimate of drug-likeness (QED) is 0.806. The van der Waals surface area contributed by atoms with Crippen molar-refractivity contribution in [3.8, 4) is 11.3 Å². The molecule has 1 radical (unpaired) electrons. The number of benzene rings is 1. The fraction of sp³-hybridized carbons (Fsp3) is 0.182. The molecule has 0 atom stereocenters. The highest BCUT2D eigenvalue weighted by Crippen LogP contribution is 2.26. The third-order valence-corrected chi connectivity index (χ3v) is 2.38. The molecule has 0 aliphatic heterocycles. The van der Waals surface area contributed by atoms with Gasteiger partial charge in [-0.1, -0.05) is 29.8 Å². The Bertz CT molecular complexity index is 519. The van der Waals surface area contributed by atoms with Crippen molar-refractivity contribution >= 4 is 11.6 Å². The number of aromatic nitrogens is 2. The van der Waals surface area contributed by atoms with Crippen LogP contribution in [0.4, 0.5) is 13.2 Å². The Kier molecular flexibility index (Phi) is 3.11. The molecule has 0 spiro atoms. The van der Waals surface area contributed by atoms with Crippen molar-refractivity contribution in [2.75, 3.05) is 0 Å². The van der Waals surface area contributed by atoms with E-state index in [0.717, 1.165) is 10.9 Å². The Morgan fingerprint density at radius 1 is 1.29 bits per heavy atom. The molecule has 2 rings (SSSR count). The maximum absolute atomic E-state index is 12.1. The van der Waals surface area contributed by atoms with E-state index in [1.165, 1.54) is 0 Å². The van der Waals surface area contributed by atoms with Crippen LogP contribution in [0.1, 0.15) is 0 Å². The molecule has 1 heterocycles. The third-order valence-electron chi connectivity index (χ3n) is 2.05. The predicted molar refractivity (Wildman–Crippen MR) is 57.6 cm³/mol. The molecular weight excluding hydrogens is 253 g/mol. The number of halogens is 4. The Hall–Kier alpha value is -1.49. The Balaban J connectivity index is 2.28. The minimum Gasteiger partial charge on any atom is -0.262 e. The van der Waals surface area contributed by atoms with Crippen LogP contribution < -0.4 is 0 Å². The van der Waals surface area contributed by atoms with Crippen molar-refractivity contribution < 1.29 is 13.2 Å². The van der Waals surface area contributed by atoms with Crippen molar-refractivity contribution in [3.05, 3.63) is 41.6 Å². The molecule has 2 aromatic rings. The van der Waals surface area contributed by atoms with Gasteiger partial charge in [0.25, 0.3) is 0 Å². The maximum Gasteiger partial charge on any atom is 0.408 e. The first-order chi connectivity index (χ1) is 7.96. The fourth-order valence-corrected chi connectivity index (χ4v) is 1.60. The van der Waals surface area contributed by atoms with Gasteiger partial charge in [-0.15, -0.1) is 0 Å². The smallest absolute Gasteiger partial charge is 0.262 e. The van der Waals surface area contributed by atoms with E-state index in [0.29, 0.717) is 16.3 Å². The first-order valence-corrected chi connectivity index (χ1v) is 5.10. The Morgan fingerprint density at radius 3 is 2.65 bits per heavy atom. The van der Waals surface area contributed by atoms with Gasteiger partial charge in [0, 0.05) is 17.8 Å². The molecule has 0 fully saturated rings. The summed E-state index contributed by atoms with van der Waals surface area (Å²) in [6.07, 6.45) is -3.14. The summed E-state index contributed by atoms with van der Waals surface area (Å²) in [5, 5.41) is 4.21. The van der Waals surface area contributed by atoms with Gasteiger partial charge >= 0.3 is 6.18 Å². The maximum atomic E-state index is 12.1. The lowest BCUT2D eigenvalue weighted by Gasteiger charge is -2.05. The summed E-state index contributed by atoms with van der Waals surface area (Å²) in [5.41, 5.74) is 0.870. The van der Waals surface area contributed by atoms with E-state index in [9.17, 15) is 13.2 Å². The largest absolute Gasteiger partial charge is 0.408 e. The van der Waals surface area contributed by atoms with Gasteiger partial charge in [-0.25, -0.2) is 0 Å². The second kappa shape index (κ2) is 4.41. The zero-order valence-corrected chi connectivity index (χ0v) is 9.26. The molecule has 0 saturated carbocycles. The highest BCUT2D eigenvalue weighted by molar-refractivity contribution is 6.33. The number of hydrogen-bond donors (Lipinski definition) is 0. The highest BCUT2D eigenvalue weighted by Gasteiger charge is 2.28. The Morgan fingerprint density at radius 2 is 2.00 bits per heavy atom. The van der Waals surface area contributed by atoms with E-state index in [1.807, 2.05) is 0 Å². The lowest BCUT2D eigenvalue weighted by Crippen LogP contribution is -2.17. The van der Waals surface area contributed by atoms with Gasteiger partial charge in [0.15, 0.2) is 0 Å². The standard InChI is InChI=1S/C11H7ClF3N2/c12-9-4-2-1-3-8(9)10-5-6-17(16-10)7-11(13,14)15/h1-4,6H,7H2. The van der Waals surface area contributed by atoms with Gasteiger partial charge in [-0.3, -0.25) is 4.68 Å². The van der Waals surface area contributed by atoms with Crippen LogP contribution in [0.2, 0.25) is 5.02 Å². The van der Waals surface area contributed by atoms with E-state index >= 15 is 0 Å². The van der Waals surface area contributed by atoms with E-state index < -0.39 is 12.7 Å². The van der Waals surface area contributed by atoms with Crippen LogP contribution >= 0.6 is 11.6 Å². The van der Waals surface area contributed by atoms with Crippen molar-refractivity contribution in [2.45, 2.75) is 12.7 Å². The molecule has 0 amide bonds. The summed E-state index contributed by atoms with van der Waals surface area (Å²) < 4.78 is 37.2. The molecule has 89 valence electrons. The topological polar surface area (TPSA) is 17.8 Å². The summed E-state index contributed by atoms with van der Waals surface area (Å²) in [5.74, 6) is 0. The van der Waals surface area contributed by atoms with Crippen LogP contribution in [0, 0.1) is 6.07 Å². The second-order valence-corrected chi connectivity index (χ2v) is 3.82. The summed E-state index contributed by atoms with van der Waals surface area (Å²) in [6.45, 7) is -1.13. The van der Waals surface area contributed by atoms with E-state index in [4.69, 9.17) is 11.6 Å². The summed E-state index contributed by atoms with van der Waals surface area (Å²) in [7, 11) is 0. The molecule has 17 heavy (non-hydrogen) atoms. The number of alkyl halides is 3. The van der Waals surface area contributed by atoms with Crippen LogP contribution in [0.25, 0.3) is 11.3 Å². The van der Waals surface area contributed by atoms with Crippen LogP contribution in [-0.4, -0.2) is 16.0 Å². The average molecular weight is 260 g/mol. The van der Waals surface area contributed by atoms with Crippen molar-refractivity contribution in [2.24, 2.45) is 0 Å². The summed E-state index contributed by atoms with van der Waals surface area (Å²) >= 11 is 5.91. The molecule has 0 saturated heterocycles. The van der Waals surface area contributed by atoms with Gasteiger partial charge in [-0.05, 0) is 6.07 Å². The van der Waals surface area contributed by atoms with Crippen molar-refractivity contribution in [1.82, 2.24) is 9.78 Å². The van der Waals surface area contributed by atoms with Crippen molar-refractivity contribution in [3.63, 3.8) is 0 Å². The lowest BCUT2D eigenvalue weighted by molar-refractivity contribution is -0.142. The SMILES string of the molecule is FC(F)(F)Cn1c[c]c(-c2ccccc2Cl)n1. The van der Waals surface area contributed by atoms with Gasteiger partial charge < -0.3 is 0 Å². The molecule has 0 bridgehead atoms. The lowest BCUT2D eigenvalue weighted by atomic mass is 10.2. The molecule has 2 nitrogen and oxygen atoms in total. The van der Waals surface area contributed by atoms with Gasteiger partial charge in [0.05, 0.1) is 5.02 Å². The minimum absolute atomic E-state index is 0.305. The first kappa shape index (κ1) is 12.0. The molecule has 0 aliphatic rings. The molecule has 1 aromatic carbocycles. The van der Waals surface area contributed by atoms with Gasteiger partial charge in [-0.2, -0.15) is 18.3 Å². The van der Waals surface area contributed by atoms with Crippen LogP contribution in [0.3, 0.4) is 0 Å².